The Morgan fingerprint density at radius 2 is 1.96 bits per heavy atom. The molecular formula is C18H14BrCl2NO. The fourth-order valence-electron chi connectivity index (χ4n) is 3.68. The lowest BCUT2D eigenvalue weighted by Gasteiger charge is -2.38. The Morgan fingerprint density at radius 1 is 1.13 bits per heavy atom. The summed E-state index contributed by atoms with van der Waals surface area (Å²) in [6.45, 7) is 0. The molecular weight excluding hydrogens is 397 g/mol. The van der Waals surface area contributed by atoms with Gasteiger partial charge in [-0.2, -0.15) is 0 Å². The lowest BCUT2D eigenvalue weighted by atomic mass is 9.77. The molecule has 2 N–H and O–H groups in total. The van der Waals surface area contributed by atoms with Crippen LogP contribution in [0.15, 0.2) is 47.0 Å². The van der Waals surface area contributed by atoms with Gasteiger partial charge in [0.05, 0.1) is 21.8 Å². The first-order chi connectivity index (χ1) is 11.1. The Hall–Kier alpha value is -1.16. The molecule has 23 heavy (non-hydrogen) atoms. The van der Waals surface area contributed by atoms with Crippen LogP contribution in [0.5, 0.6) is 5.75 Å². The van der Waals surface area contributed by atoms with E-state index in [1.165, 1.54) is 5.56 Å². The maximum atomic E-state index is 10.3. The highest BCUT2D eigenvalue weighted by Crippen LogP contribution is 2.53. The lowest BCUT2D eigenvalue weighted by Crippen LogP contribution is -2.29. The van der Waals surface area contributed by atoms with Crippen molar-refractivity contribution in [3.63, 3.8) is 0 Å². The number of nitrogens with one attached hydrogen (secondary N) is 1. The van der Waals surface area contributed by atoms with Crippen molar-refractivity contribution in [1.29, 1.82) is 0 Å². The van der Waals surface area contributed by atoms with Crippen LogP contribution < -0.4 is 5.32 Å². The minimum Gasteiger partial charge on any atom is -0.508 e. The standard InChI is InChI=1S/C18H14BrCl2NO/c19-9-4-7-15(23)13(8-9)17-11-3-1-2-10(11)12-5-6-14(20)16(21)18(12)22-17/h1-2,4-8,10-11,17,22-23H,3H2. The maximum Gasteiger partial charge on any atom is 0.120 e. The van der Waals surface area contributed by atoms with Crippen LogP contribution in [0, 0.1) is 5.92 Å². The van der Waals surface area contributed by atoms with Crippen LogP contribution in [-0.4, -0.2) is 5.11 Å². The molecule has 0 fully saturated rings. The molecule has 3 atom stereocenters. The van der Waals surface area contributed by atoms with Crippen LogP contribution in [0.3, 0.4) is 0 Å². The highest BCUT2D eigenvalue weighted by atomic mass is 79.9. The van der Waals surface area contributed by atoms with E-state index in [1.54, 1.807) is 6.07 Å². The number of benzene rings is 2. The Morgan fingerprint density at radius 3 is 2.78 bits per heavy atom. The number of anilines is 1. The molecule has 1 heterocycles. The van der Waals surface area contributed by atoms with Gasteiger partial charge in [0.1, 0.15) is 5.75 Å². The molecule has 2 aromatic rings. The quantitative estimate of drug-likeness (QED) is 0.541. The molecule has 2 nitrogen and oxygen atoms in total. The maximum absolute atomic E-state index is 10.3. The topological polar surface area (TPSA) is 32.3 Å². The summed E-state index contributed by atoms with van der Waals surface area (Å²) in [4.78, 5) is 0. The van der Waals surface area contributed by atoms with Crippen LogP contribution in [-0.2, 0) is 0 Å². The van der Waals surface area contributed by atoms with Crippen molar-refractivity contribution < 1.29 is 5.11 Å². The number of hydrogen-bond acceptors (Lipinski definition) is 2. The Bertz CT molecular complexity index is 821. The molecule has 1 aliphatic carbocycles. The average molecular weight is 411 g/mol. The number of fused-ring (bicyclic) bond motifs is 3. The van der Waals surface area contributed by atoms with Gasteiger partial charge in [-0.1, -0.05) is 57.4 Å². The molecule has 0 bridgehead atoms. The number of halogens is 3. The van der Waals surface area contributed by atoms with E-state index in [0.29, 0.717) is 16.0 Å². The first-order valence-corrected chi connectivity index (χ1v) is 9.00. The van der Waals surface area contributed by atoms with Gasteiger partial charge < -0.3 is 10.4 Å². The monoisotopic (exact) mass is 409 g/mol. The SMILES string of the molecule is Oc1ccc(Br)cc1C1Nc2c(ccc(Cl)c2Cl)C2C=CCC21. The molecule has 0 amide bonds. The van der Waals surface area contributed by atoms with E-state index in [-0.39, 0.29) is 17.7 Å². The molecule has 0 saturated carbocycles. The lowest BCUT2D eigenvalue weighted by molar-refractivity contribution is 0.402. The van der Waals surface area contributed by atoms with Crippen LogP contribution in [0.1, 0.15) is 29.5 Å². The van der Waals surface area contributed by atoms with Gasteiger partial charge in [0.2, 0.25) is 0 Å². The minimum absolute atomic E-state index is 0.0176. The van der Waals surface area contributed by atoms with Crippen LogP contribution in [0.25, 0.3) is 0 Å². The molecule has 118 valence electrons. The van der Waals surface area contributed by atoms with Crippen molar-refractivity contribution >= 4 is 44.8 Å². The molecule has 1 aliphatic heterocycles. The molecule has 0 radical (unpaired) electrons. The normalized spacial score (nSPS) is 24.9. The second-order valence-electron chi connectivity index (χ2n) is 6.00. The van der Waals surface area contributed by atoms with Crippen molar-refractivity contribution in [3.05, 3.63) is 68.1 Å². The predicted octanol–water partition coefficient (Wildman–Crippen LogP) is 6.29. The van der Waals surface area contributed by atoms with Gasteiger partial charge in [-0.25, -0.2) is 0 Å². The summed E-state index contributed by atoms with van der Waals surface area (Å²) in [6.07, 6.45) is 5.40. The number of rotatable bonds is 1. The number of aromatic hydroxyl groups is 1. The predicted molar refractivity (Wildman–Crippen MR) is 98.6 cm³/mol. The Labute approximate surface area is 153 Å². The fourth-order valence-corrected chi connectivity index (χ4v) is 4.45. The Balaban J connectivity index is 1.87. The number of allylic oxidation sites excluding steroid dienone is 2. The van der Waals surface area contributed by atoms with E-state index in [4.69, 9.17) is 23.2 Å². The van der Waals surface area contributed by atoms with Crippen molar-refractivity contribution in [2.45, 2.75) is 18.4 Å². The molecule has 5 heteroatoms. The highest BCUT2D eigenvalue weighted by molar-refractivity contribution is 9.10. The largest absolute Gasteiger partial charge is 0.508 e. The fraction of sp³-hybridized carbons (Fsp3) is 0.222. The zero-order valence-corrected chi connectivity index (χ0v) is 15.2. The molecule has 0 aromatic heterocycles. The summed E-state index contributed by atoms with van der Waals surface area (Å²) in [7, 11) is 0. The summed E-state index contributed by atoms with van der Waals surface area (Å²) in [5.41, 5.74) is 2.92. The van der Waals surface area contributed by atoms with Gasteiger partial charge >= 0.3 is 0 Å². The van der Waals surface area contributed by atoms with E-state index in [1.807, 2.05) is 24.3 Å². The van der Waals surface area contributed by atoms with Crippen molar-refractivity contribution in [1.82, 2.24) is 0 Å². The summed E-state index contributed by atoms with van der Waals surface area (Å²) in [5, 5.41) is 14.9. The van der Waals surface area contributed by atoms with Crippen molar-refractivity contribution in [3.8, 4) is 5.75 Å². The Kier molecular flexibility index (Phi) is 3.83. The van der Waals surface area contributed by atoms with Crippen molar-refractivity contribution in [2.75, 3.05) is 5.32 Å². The van der Waals surface area contributed by atoms with Gasteiger partial charge in [-0.15, -0.1) is 0 Å². The minimum atomic E-state index is -0.0176. The third kappa shape index (κ3) is 2.46. The van der Waals surface area contributed by atoms with Gasteiger partial charge in [0.25, 0.3) is 0 Å². The first-order valence-electron chi connectivity index (χ1n) is 7.46. The van der Waals surface area contributed by atoms with Gasteiger partial charge in [0, 0.05) is 16.0 Å². The van der Waals surface area contributed by atoms with E-state index in [9.17, 15) is 5.11 Å². The van der Waals surface area contributed by atoms with Gasteiger partial charge in [-0.3, -0.25) is 0 Å². The smallest absolute Gasteiger partial charge is 0.120 e. The van der Waals surface area contributed by atoms with Crippen LogP contribution >= 0.6 is 39.1 Å². The summed E-state index contributed by atoms with van der Waals surface area (Å²) < 4.78 is 0.942. The number of phenolic OH excluding ortho intramolecular Hbond substituents is 1. The van der Waals surface area contributed by atoms with E-state index >= 15 is 0 Å². The number of phenols is 1. The third-order valence-corrected chi connectivity index (χ3v) is 6.05. The summed E-state index contributed by atoms with van der Waals surface area (Å²) in [6, 6.07) is 9.39. The summed E-state index contributed by atoms with van der Waals surface area (Å²) >= 11 is 16.1. The van der Waals surface area contributed by atoms with Crippen LogP contribution in [0.2, 0.25) is 10.0 Å². The van der Waals surface area contributed by atoms with E-state index in [0.717, 1.165) is 22.1 Å². The first kappa shape index (κ1) is 15.4. The number of hydrogen-bond donors (Lipinski definition) is 2. The average Bonchev–Trinajstić information content (AvgIpc) is 3.02. The van der Waals surface area contributed by atoms with Crippen LogP contribution in [0.4, 0.5) is 5.69 Å². The second kappa shape index (κ2) is 5.73. The molecule has 2 aliphatic rings. The molecule has 0 spiro atoms. The third-order valence-electron chi connectivity index (χ3n) is 4.75. The molecule has 3 unspecified atom stereocenters. The molecule has 0 saturated heterocycles. The highest BCUT2D eigenvalue weighted by Gasteiger charge is 2.39. The zero-order valence-electron chi connectivity index (χ0n) is 12.1. The molecule has 2 aromatic carbocycles. The van der Waals surface area contributed by atoms with Gasteiger partial charge in [-0.05, 0) is 42.2 Å². The van der Waals surface area contributed by atoms with E-state index in [2.05, 4.69) is 33.4 Å². The van der Waals surface area contributed by atoms with Crippen molar-refractivity contribution in [2.24, 2.45) is 5.92 Å². The van der Waals surface area contributed by atoms with Gasteiger partial charge in [0.15, 0.2) is 0 Å². The molecule has 4 rings (SSSR count). The zero-order chi connectivity index (χ0) is 16.1. The van der Waals surface area contributed by atoms with E-state index < -0.39 is 0 Å². The second-order valence-corrected chi connectivity index (χ2v) is 7.71. The summed E-state index contributed by atoms with van der Waals surface area (Å²) in [5.74, 6) is 0.919.